The van der Waals surface area contributed by atoms with Crippen molar-refractivity contribution in [1.29, 1.82) is 0 Å². The van der Waals surface area contributed by atoms with E-state index in [0.717, 1.165) is 25.9 Å². The van der Waals surface area contributed by atoms with Crippen LogP contribution in [0.1, 0.15) is 40.0 Å². The molecule has 0 aromatic heterocycles. The summed E-state index contributed by atoms with van der Waals surface area (Å²) in [5.74, 6) is 0.492. The van der Waals surface area contributed by atoms with Crippen molar-refractivity contribution in [2.45, 2.75) is 40.0 Å². The first-order chi connectivity index (χ1) is 7.11. The lowest BCUT2D eigenvalue weighted by Gasteiger charge is -2.26. The van der Waals surface area contributed by atoms with E-state index in [2.05, 4.69) is 19.2 Å². The van der Waals surface area contributed by atoms with Gasteiger partial charge in [0.1, 0.15) is 0 Å². The van der Waals surface area contributed by atoms with Crippen LogP contribution in [0.25, 0.3) is 0 Å². The second-order valence-electron chi connectivity index (χ2n) is 4.54. The maximum Gasteiger partial charge on any atom is 0.321 e. The molecule has 1 rings (SSSR count). The molecule has 1 N–H and O–H groups in total. The monoisotopic (exact) mass is 210 g/mol. The van der Waals surface area contributed by atoms with Crippen molar-refractivity contribution in [2.24, 2.45) is 5.92 Å². The molecule has 0 aliphatic carbocycles. The van der Waals surface area contributed by atoms with Crippen molar-refractivity contribution in [3.05, 3.63) is 11.8 Å². The molecule has 0 spiro atoms. The van der Waals surface area contributed by atoms with Crippen molar-refractivity contribution in [1.82, 2.24) is 10.2 Å². The van der Waals surface area contributed by atoms with Crippen LogP contribution in [0.3, 0.4) is 0 Å². The minimum atomic E-state index is 0.0506. The number of carbonyl (C=O) groups is 1. The van der Waals surface area contributed by atoms with Crippen LogP contribution in [0.4, 0.5) is 4.79 Å². The Morgan fingerprint density at radius 2 is 1.87 bits per heavy atom. The van der Waals surface area contributed by atoms with Gasteiger partial charge in [-0.3, -0.25) is 0 Å². The van der Waals surface area contributed by atoms with Crippen molar-refractivity contribution in [3.8, 4) is 0 Å². The molecule has 86 valence electrons. The first-order valence-corrected chi connectivity index (χ1v) is 5.83. The Balaban J connectivity index is 2.37. The van der Waals surface area contributed by atoms with E-state index in [0.29, 0.717) is 5.92 Å². The molecular formula is C12H22N2O. The van der Waals surface area contributed by atoms with Crippen molar-refractivity contribution < 1.29 is 4.79 Å². The summed E-state index contributed by atoms with van der Waals surface area (Å²) in [6.45, 7) is 8.10. The number of allylic oxidation sites excluding steroid dienone is 1. The van der Waals surface area contributed by atoms with Crippen LogP contribution in [0.2, 0.25) is 0 Å². The highest BCUT2D eigenvalue weighted by Crippen LogP contribution is 2.09. The van der Waals surface area contributed by atoms with Gasteiger partial charge >= 0.3 is 6.03 Å². The second-order valence-corrected chi connectivity index (χ2v) is 4.54. The predicted octanol–water partition coefficient (Wildman–Crippen LogP) is 2.74. The summed E-state index contributed by atoms with van der Waals surface area (Å²) in [5.41, 5.74) is 1.21. The number of hydrogen-bond acceptors (Lipinski definition) is 1. The van der Waals surface area contributed by atoms with Gasteiger partial charge in [-0.15, -0.1) is 0 Å². The Morgan fingerprint density at radius 1 is 1.27 bits per heavy atom. The maximum absolute atomic E-state index is 11.7. The second kappa shape index (κ2) is 5.79. The SMILES string of the molecule is C/C(=C\NC(=O)N1CCCCC1)C(C)C. The molecule has 0 aromatic carbocycles. The molecule has 0 bridgehead atoms. The number of rotatable bonds is 2. The average Bonchev–Trinajstić information content (AvgIpc) is 2.26. The molecule has 0 radical (unpaired) electrons. The Hall–Kier alpha value is -0.990. The van der Waals surface area contributed by atoms with Crippen molar-refractivity contribution in [3.63, 3.8) is 0 Å². The number of nitrogens with one attached hydrogen (secondary N) is 1. The van der Waals surface area contributed by atoms with E-state index in [1.54, 1.807) is 0 Å². The molecule has 3 nitrogen and oxygen atoms in total. The summed E-state index contributed by atoms with van der Waals surface area (Å²) in [5, 5.41) is 2.86. The summed E-state index contributed by atoms with van der Waals surface area (Å²) in [7, 11) is 0. The van der Waals surface area contributed by atoms with Crippen LogP contribution < -0.4 is 5.32 Å². The van der Waals surface area contributed by atoms with Crippen molar-refractivity contribution in [2.75, 3.05) is 13.1 Å². The fourth-order valence-electron chi connectivity index (χ4n) is 1.53. The Bertz CT molecular complexity index is 240. The molecule has 0 unspecified atom stereocenters. The van der Waals surface area contributed by atoms with Gasteiger partial charge in [0.15, 0.2) is 0 Å². The number of likely N-dealkylation sites (tertiary alicyclic amines) is 1. The van der Waals surface area contributed by atoms with Gasteiger partial charge in [0, 0.05) is 19.3 Å². The minimum absolute atomic E-state index is 0.0506. The third-order valence-corrected chi connectivity index (χ3v) is 2.98. The van der Waals surface area contributed by atoms with Gasteiger partial charge in [-0.2, -0.15) is 0 Å². The largest absolute Gasteiger partial charge is 0.325 e. The molecule has 2 amide bonds. The molecule has 0 saturated carbocycles. The predicted molar refractivity (Wildman–Crippen MR) is 62.6 cm³/mol. The number of hydrogen-bond donors (Lipinski definition) is 1. The quantitative estimate of drug-likeness (QED) is 0.746. The number of urea groups is 1. The van der Waals surface area contributed by atoms with Gasteiger partial charge in [-0.25, -0.2) is 4.79 Å². The number of amides is 2. The lowest BCUT2D eigenvalue weighted by Crippen LogP contribution is -2.41. The molecule has 0 atom stereocenters. The lowest BCUT2D eigenvalue weighted by atomic mass is 10.1. The van der Waals surface area contributed by atoms with E-state index < -0.39 is 0 Å². The van der Waals surface area contributed by atoms with Crippen LogP contribution in [0.15, 0.2) is 11.8 Å². The van der Waals surface area contributed by atoms with Gasteiger partial charge in [0.2, 0.25) is 0 Å². The summed E-state index contributed by atoms with van der Waals surface area (Å²) in [6.07, 6.45) is 5.37. The van der Waals surface area contributed by atoms with Crippen molar-refractivity contribution >= 4 is 6.03 Å². The minimum Gasteiger partial charge on any atom is -0.325 e. The number of carbonyl (C=O) groups excluding carboxylic acids is 1. The third-order valence-electron chi connectivity index (χ3n) is 2.98. The zero-order valence-electron chi connectivity index (χ0n) is 10.0. The molecule has 15 heavy (non-hydrogen) atoms. The van der Waals surface area contributed by atoms with Gasteiger partial charge in [0.25, 0.3) is 0 Å². The highest BCUT2D eigenvalue weighted by Gasteiger charge is 2.14. The van der Waals surface area contributed by atoms with E-state index in [-0.39, 0.29) is 6.03 Å². The Labute approximate surface area is 92.5 Å². The van der Waals surface area contributed by atoms with Crippen LogP contribution in [-0.2, 0) is 0 Å². The molecule has 1 heterocycles. The summed E-state index contributed by atoms with van der Waals surface area (Å²) in [4.78, 5) is 13.6. The highest BCUT2D eigenvalue weighted by atomic mass is 16.2. The standard InChI is InChI=1S/C12H22N2O/c1-10(2)11(3)9-13-12(15)14-7-5-4-6-8-14/h9-10H,4-8H2,1-3H3,(H,13,15)/b11-9+. The highest BCUT2D eigenvalue weighted by molar-refractivity contribution is 5.75. The van der Waals surface area contributed by atoms with E-state index in [1.807, 2.05) is 18.0 Å². The van der Waals surface area contributed by atoms with Gasteiger partial charge < -0.3 is 10.2 Å². The maximum atomic E-state index is 11.7. The molecule has 0 aromatic rings. The van der Waals surface area contributed by atoms with Crippen LogP contribution in [0, 0.1) is 5.92 Å². The Kier molecular flexibility index (Phi) is 4.66. The van der Waals surface area contributed by atoms with E-state index in [9.17, 15) is 4.79 Å². The number of nitrogens with zero attached hydrogens (tertiary/aromatic N) is 1. The molecule has 1 aliphatic rings. The zero-order chi connectivity index (χ0) is 11.3. The summed E-state index contributed by atoms with van der Waals surface area (Å²) >= 11 is 0. The van der Waals surface area contributed by atoms with Crippen LogP contribution >= 0.6 is 0 Å². The summed E-state index contributed by atoms with van der Waals surface area (Å²) in [6, 6.07) is 0.0506. The molecule has 3 heteroatoms. The zero-order valence-corrected chi connectivity index (χ0v) is 10.0. The van der Waals surface area contributed by atoms with Crippen LogP contribution in [0.5, 0.6) is 0 Å². The fraction of sp³-hybridized carbons (Fsp3) is 0.750. The van der Waals surface area contributed by atoms with Crippen LogP contribution in [-0.4, -0.2) is 24.0 Å². The van der Waals surface area contributed by atoms with E-state index in [1.165, 1.54) is 12.0 Å². The summed E-state index contributed by atoms with van der Waals surface area (Å²) < 4.78 is 0. The molecule has 1 aliphatic heterocycles. The van der Waals surface area contributed by atoms with Gasteiger partial charge in [-0.1, -0.05) is 19.4 Å². The topological polar surface area (TPSA) is 32.3 Å². The molecular weight excluding hydrogens is 188 g/mol. The normalized spacial score (nSPS) is 18.1. The van der Waals surface area contributed by atoms with E-state index >= 15 is 0 Å². The smallest absolute Gasteiger partial charge is 0.321 e. The van der Waals surface area contributed by atoms with E-state index in [4.69, 9.17) is 0 Å². The first kappa shape index (κ1) is 12.1. The van der Waals surface area contributed by atoms with Gasteiger partial charge in [0.05, 0.1) is 0 Å². The average molecular weight is 210 g/mol. The van der Waals surface area contributed by atoms with Gasteiger partial charge in [-0.05, 0) is 32.1 Å². The lowest BCUT2D eigenvalue weighted by molar-refractivity contribution is 0.190. The number of piperidine rings is 1. The first-order valence-electron chi connectivity index (χ1n) is 5.83. The Morgan fingerprint density at radius 3 is 2.40 bits per heavy atom. The third kappa shape index (κ3) is 3.94. The molecule has 1 fully saturated rings. The fourth-order valence-corrected chi connectivity index (χ4v) is 1.53. The molecule has 1 saturated heterocycles.